The number of carbonyl (C=O) groups is 2. The second-order valence-corrected chi connectivity index (χ2v) is 4.84. The van der Waals surface area contributed by atoms with Crippen molar-refractivity contribution in [3.05, 3.63) is 35.4 Å². The van der Waals surface area contributed by atoms with Gasteiger partial charge in [0.15, 0.2) is 0 Å². The van der Waals surface area contributed by atoms with E-state index in [1.807, 2.05) is 7.05 Å². The number of primary amides is 1. The van der Waals surface area contributed by atoms with Crippen LogP contribution in [0.5, 0.6) is 0 Å². The summed E-state index contributed by atoms with van der Waals surface area (Å²) in [5, 5.41) is 3.27. The molecule has 1 fully saturated rings. The fourth-order valence-corrected chi connectivity index (χ4v) is 2.37. The summed E-state index contributed by atoms with van der Waals surface area (Å²) in [4.78, 5) is 25.3. The van der Waals surface area contributed by atoms with E-state index in [0.717, 1.165) is 25.9 Å². The molecule has 1 aromatic carbocycles. The maximum atomic E-state index is 12.4. The predicted octanol–water partition coefficient (Wildman–Crippen LogP) is 0.609. The number of amides is 2. The van der Waals surface area contributed by atoms with Gasteiger partial charge < -0.3 is 16.0 Å². The summed E-state index contributed by atoms with van der Waals surface area (Å²) in [5.41, 5.74) is 6.11. The second kappa shape index (κ2) is 5.84. The van der Waals surface area contributed by atoms with Crippen molar-refractivity contribution in [1.82, 2.24) is 10.2 Å². The van der Waals surface area contributed by atoms with Gasteiger partial charge in [0.2, 0.25) is 5.91 Å². The molecule has 0 aromatic heterocycles. The van der Waals surface area contributed by atoms with E-state index in [1.165, 1.54) is 0 Å². The molecule has 1 heterocycles. The van der Waals surface area contributed by atoms with Gasteiger partial charge in [-0.1, -0.05) is 6.07 Å². The van der Waals surface area contributed by atoms with Gasteiger partial charge in [0.25, 0.3) is 5.91 Å². The maximum absolute atomic E-state index is 12.4. The average molecular weight is 261 g/mol. The minimum atomic E-state index is -0.515. The van der Waals surface area contributed by atoms with Crippen molar-refractivity contribution in [2.45, 2.75) is 18.9 Å². The van der Waals surface area contributed by atoms with Crippen molar-refractivity contribution in [3.63, 3.8) is 0 Å². The van der Waals surface area contributed by atoms with Crippen LogP contribution in [0.3, 0.4) is 0 Å². The van der Waals surface area contributed by atoms with E-state index >= 15 is 0 Å². The Balaban J connectivity index is 2.14. The smallest absolute Gasteiger partial charge is 0.253 e. The van der Waals surface area contributed by atoms with Crippen LogP contribution in [-0.2, 0) is 0 Å². The fourth-order valence-electron chi connectivity index (χ4n) is 2.37. The lowest BCUT2D eigenvalue weighted by atomic mass is 10.0. The van der Waals surface area contributed by atoms with Crippen molar-refractivity contribution in [2.24, 2.45) is 5.73 Å². The number of rotatable bonds is 3. The first-order valence-electron chi connectivity index (χ1n) is 6.47. The number of piperidine rings is 1. The van der Waals surface area contributed by atoms with Crippen molar-refractivity contribution in [3.8, 4) is 0 Å². The highest BCUT2D eigenvalue weighted by Crippen LogP contribution is 2.14. The number of benzene rings is 1. The first kappa shape index (κ1) is 13.5. The van der Waals surface area contributed by atoms with Crippen LogP contribution in [0.2, 0.25) is 0 Å². The molecule has 5 heteroatoms. The van der Waals surface area contributed by atoms with E-state index in [2.05, 4.69) is 5.32 Å². The Morgan fingerprint density at radius 3 is 2.53 bits per heavy atom. The first-order chi connectivity index (χ1) is 9.09. The molecule has 0 aliphatic carbocycles. The van der Waals surface area contributed by atoms with Gasteiger partial charge in [-0.3, -0.25) is 9.59 Å². The van der Waals surface area contributed by atoms with Gasteiger partial charge >= 0.3 is 0 Å². The van der Waals surface area contributed by atoms with Gasteiger partial charge in [-0.25, -0.2) is 0 Å². The third-order valence-corrected chi connectivity index (χ3v) is 3.57. The van der Waals surface area contributed by atoms with Crippen molar-refractivity contribution in [1.29, 1.82) is 0 Å². The van der Waals surface area contributed by atoms with Crippen molar-refractivity contribution in [2.75, 3.05) is 20.1 Å². The highest BCUT2D eigenvalue weighted by Gasteiger charge is 2.23. The highest BCUT2D eigenvalue weighted by molar-refractivity contribution is 5.99. The summed E-state index contributed by atoms with van der Waals surface area (Å²) >= 11 is 0. The van der Waals surface area contributed by atoms with Gasteiger partial charge in [-0.2, -0.15) is 0 Å². The normalized spacial score (nSPS) is 16.1. The zero-order chi connectivity index (χ0) is 13.8. The molecular weight excluding hydrogens is 242 g/mol. The summed E-state index contributed by atoms with van der Waals surface area (Å²) in [5.74, 6) is -0.575. The molecule has 1 saturated heterocycles. The molecule has 1 aliphatic heterocycles. The standard InChI is InChI=1S/C14H19N3O2/c1-17(12-5-7-16-8-6-12)14(19)11-4-2-3-10(9-11)13(15)18/h2-4,9,12,16H,5-8H2,1H3,(H2,15,18). The van der Waals surface area contributed by atoms with Crippen LogP contribution in [0.25, 0.3) is 0 Å². The van der Waals surface area contributed by atoms with E-state index in [-0.39, 0.29) is 11.9 Å². The molecular formula is C14H19N3O2. The van der Waals surface area contributed by atoms with Crippen LogP contribution in [-0.4, -0.2) is 42.9 Å². The van der Waals surface area contributed by atoms with E-state index in [4.69, 9.17) is 5.73 Å². The first-order valence-corrected chi connectivity index (χ1v) is 6.47. The van der Waals surface area contributed by atoms with Gasteiger partial charge in [-0.05, 0) is 44.1 Å². The topological polar surface area (TPSA) is 75.4 Å². The lowest BCUT2D eigenvalue weighted by molar-refractivity contribution is 0.0703. The molecule has 3 N–H and O–H groups in total. The Kier molecular flexibility index (Phi) is 4.16. The van der Waals surface area contributed by atoms with Crippen LogP contribution < -0.4 is 11.1 Å². The van der Waals surface area contributed by atoms with E-state index in [1.54, 1.807) is 29.2 Å². The third-order valence-electron chi connectivity index (χ3n) is 3.57. The number of nitrogens with one attached hydrogen (secondary N) is 1. The molecule has 0 radical (unpaired) electrons. The van der Waals surface area contributed by atoms with Crippen LogP contribution in [0.4, 0.5) is 0 Å². The monoisotopic (exact) mass is 261 g/mol. The highest BCUT2D eigenvalue weighted by atomic mass is 16.2. The Labute approximate surface area is 112 Å². The Bertz CT molecular complexity index is 481. The summed E-state index contributed by atoms with van der Waals surface area (Å²) in [7, 11) is 1.81. The van der Waals surface area contributed by atoms with Crippen LogP contribution in [0, 0.1) is 0 Å². The van der Waals surface area contributed by atoms with Crippen molar-refractivity contribution >= 4 is 11.8 Å². The minimum absolute atomic E-state index is 0.0602. The van der Waals surface area contributed by atoms with Crippen LogP contribution in [0.1, 0.15) is 33.6 Å². The third kappa shape index (κ3) is 3.12. The van der Waals surface area contributed by atoms with Gasteiger partial charge in [0, 0.05) is 24.2 Å². The summed E-state index contributed by atoms with van der Waals surface area (Å²) in [6, 6.07) is 6.83. The predicted molar refractivity (Wildman–Crippen MR) is 72.9 cm³/mol. The van der Waals surface area contributed by atoms with Crippen LogP contribution in [0.15, 0.2) is 24.3 Å². The molecule has 0 atom stereocenters. The number of nitrogens with two attached hydrogens (primary N) is 1. The molecule has 102 valence electrons. The number of hydrogen-bond acceptors (Lipinski definition) is 3. The number of hydrogen-bond donors (Lipinski definition) is 2. The van der Waals surface area contributed by atoms with Gasteiger partial charge in [0.1, 0.15) is 0 Å². The zero-order valence-electron chi connectivity index (χ0n) is 11.1. The Morgan fingerprint density at radius 1 is 1.26 bits per heavy atom. The van der Waals surface area contributed by atoms with E-state index < -0.39 is 5.91 Å². The Morgan fingerprint density at radius 2 is 1.89 bits per heavy atom. The lowest BCUT2D eigenvalue weighted by Crippen LogP contribution is -2.44. The molecule has 1 aliphatic rings. The molecule has 19 heavy (non-hydrogen) atoms. The summed E-state index contributed by atoms with van der Waals surface area (Å²) in [6.07, 6.45) is 1.91. The number of carbonyl (C=O) groups excluding carboxylic acids is 2. The number of nitrogens with zero attached hydrogens (tertiary/aromatic N) is 1. The molecule has 2 amide bonds. The molecule has 1 aromatic rings. The van der Waals surface area contributed by atoms with Gasteiger partial charge in [-0.15, -0.1) is 0 Å². The summed E-state index contributed by atoms with van der Waals surface area (Å²) in [6.45, 7) is 1.87. The minimum Gasteiger partial charge on any atom is -0.366 e. The molecule has 0 spiro atoms. The van der Waals surface area contributed by atoms with Gasteiger partial charge in [0.05, 0.1) is 0 Å². The molecule has 5 nitrogen and oxygen atoms in total. The molecule has 0 bridgehead atoms. The quantitative estimate of drug-likeness (QED) is 0.837. The molecule has 2 rings (SSSR count). The zero-order valence-corrected chi connectivity index (χ0v) is 11.1. The second-order valence-electron chi connectivity index (χ2n) is 4.84. The average Bonchev–Trinajstić information content (AvgIpc) is 2.46. The SMILES string of the molecule is CN(C(=O)c1cccc(C(N)=O)c1)C1CCNCC1. The fraction of sp³-hybridized carbons (Fsp3) is 0.429. The Hall–Kier alpha value is -1.88. The molecule has 0 unspecified atom stereocenters. The lowest BCUT2D eigenvalue weighted by Gasteiger charge is -2.31. The molecule has 0 saturated carbocycles. The summed E-state index contributed by atoms with van der Waals surface area (Å²) < 4.78 is 0. The maximum Gasteiger partial charge on any atom is 0.253 e. The van der Waals surface area contributed by atoms with Crippen molar-refractivity contribution < 1.29 is 9.59 Å². The van der Waals surface area contributed by atoms with E-state index in [9.17, 15) is 9.59 Å². The van der Waals surface area contributed by atoms with E-state index in [0.29, 0.717) is 11.1 Å². The largest absolute Gasteiger partial charge is 0.366 e. The van der Waals surface area contributed by atoms with Crippen LogP contribution >= 0.6 is 0 Å².